The minimum Gasteiger partial charge on any atom is -0.265 e. The van der Waals surface area contributed by atoms with E-state index in [4.69, 9.17) is 0 Å². The zero-order chi connectivity index (χ0) is 54.3. The van der Waals surface area contributed by atoms with Crippen LogP contribution in [-0.2, 0) is 118 Å². The first-order valence-corrected chi connectivity index (χ1v) is 26.4. The second-order valence-electron chi connectivity index (χ2n) is 18.6. The van der Waals surface area contributed by atoms with E-state index in [0.29, 0.717) is 11.8 Å². The van der Waals surface area contributed by atoms with Gasteiger partial charge < -0.3 is 0 Å². The van der Waals surface area contributed by atoms with Crippen LogP contribution in [0.4, 0.5) is 0 Å². The summed E-state index contributed by atoms with van der Waals surface area (Å²) in [5.41, 5.74) is 13.5. The van der Waals surface area contributed by atoms with E-state index in [0.717, 1.165) is 47.0 Å². The molecule has 0 N–H and O–H groups in total. The monoisotopic (exact) mass is 2000 g/mol. The van der Waals surface area contributed by atoms with E-state index in [1.807, 2.05) is 200 Å². The number of benzene rings is 7. The van der Waals surface area contributed by atoms with Crippen molar-refractivity contribution in [3.8, 4) is 28.4 Å². The van der Waals surface area contributed by atoms with Gasteiger partial charge in [0.25, 0.3) is 0 Å². The Bertz CT molecular complexity index is 3440. The van der Waals surface area contributed by atoms with Crippen LogP contribution in [0.2, 0.25) is 0 Å². The number of aryl methyl sites for hydroxylation is 2. The molecule has 10 nitrogen and oxygen atoms in total. The molecule has 0 fully saturated rings. The van der Waals surface area contributed by atoms with Crippen LogP contribution in [0.3, 0.4) is 0 Å². The molecule has 0 aliphatic rings. The third kappa shape index (κ3) is 21.0. The zero-order valence-electron chi connectivity index (χ0n) is 46.8. The molecule has 5 aromatic heterocycles. The van der Waals surface area contributed by atoms with E-state index >= 15 is 0 Å². The van der Waals surface area contributed by atoms with Gasteiger partial charge in [-0.25, -0.2) is 0 Å². The summed E-state index contributed by atoms with van der Waals surface area (Å²) in [4.78, 5) is 0. The smallest absolute Gasteiger partial charge is 0.0625 e. The molecule has 0 saturated heterocycles. The van der Waals surface area contributed by atoms with E-state index in [2.05, 4.69) is 158 Å². The van der Waals surface area contributed by atoms with Crippen molar-refractivity contribution in [2.75, 3.05) is 0 Å². The number of hydrogen-bond acceptors (Lipinski definition) is 5. The Labute approximate surface area is 562 Å². The van der Waals surface area contributed by atoms with E-state index in [-0.39, 0.29) is 111 Å². The zero-order valence-corrected chi connectivity index (χ0v) is 58.2. The van der Waals surface area contributed by atoms with Gasteiger partial charge in [0.05, 0.1) is 18.1 Å². The molecule has 5 heterocycles. The van der Waals surface area contributed by atoms with Crippen LogP contribution in [0.1, 0.15) is 98.5 Å². The van der Waals surface area contributed by atoms with Crippen LogP contribution in [0, 0.1) is 30.3 Å². The van der Waals surface area contributed by atoms with Crippen molar-refractivity contribution < 1.29 is 105 Å². The van der Waals surface area contributed by atoms with Crippen LogP contribution >= 0.6 is 0 Å². The molecule has 0 amide bonds. The fourth-order valence-corrected chi connectivity index (χ4v) is 8.40. The quantitative estimate of drug-likeness (QED) is 0.114. The summed E-state index contributed by atoms with van der Waals surface area (Å²) in [6.45, 7) is 12.9. The molecule has 0 spiro atoms. The molecule has 0 unspecified atom stereocenters. The van der Waals surface area contributed by atoms with Crippen molar-refractivity contribution in [1.29, 1.82) is 0 Å². The van der Waals surface area contributed by atoms with Gasteiger partial charge in [0.2, 0.25) is 0 Å². The molecule has 0 radical (unpaired) electrons. The normalized spacial score (nSPS) is 9.99. The SMILES string of the molecule is CC(C)c1ccc[c-]c1-n1cccn1.CC(C)c1ccnn1-c1[c-]cccc1.CCc1ccn(-c2[c-]cccc2)n1.CCc1cnn(-c2[c-]cccc2)c1.[Pt].[Pt].[Pt].[Pt].[Pt].[c-]1ccccc1-n1cc(C(c2ccccc2)c2ccccc2)cn1. The molecule has 12 rings (SSSR count). The Morgan fingerprint density at radius 1 is 0.398 bits per heavy atom. The maximum absolute atomic E-state index is 4.54. The molecule has 15 heteroatoms. The van der Waals surface area contributed by atoms with Crippen LogP contribution in [0.5, 0.6) is 0 Å². The van der Waals surface area contributed by atoms with Gasteiger partial charge in [0.15, 0.2) is 0 Å². The van der Waals surface area contributed by atoms with E-state index in [9.17, 15) is 0 Å². The number of hydrogen-bond donors (Lipinski definition) is 0. The van der Waals surface area contributed by atoms with Gasteiger partial charge in [-0.05, 0) is 82.1 Å². The molecule has 0 bridgehead atoms. The summed E-state index contributed by atoms with van der Waals surface area (Å²) >= 11 is 0. The predicted octanol–water partition coefficient (Wildman–Crippen LogP) is 14.9. The molecule has 7 aromatic carbocycles. The number of rotatable bonds is 12. The van der Waals surface area contributed by atoms with Gasteiger partial charge >= 0.3 is 0 Å². The summed E-state index contributed by atoms with van der Waals surface area (Å²) in [6, 6.07) is 80.4. The fourth-order valence-electron chi connectivity index (χ4n) is 8.40. The van der Waals surface area contributed by atoms with Crippen molar-refractivity contribution in [2.24, 2.45) is 0 Å². The molecule has 12 aromatic rings. The Balaban J connectivity index is 0.000000275. The molecular formula is C68H65N10Pt5-5. The van der Waals surface area contributed by atoms with Gasteiger partial charge in [-0.15, -0.1) is 29.8 Å². The van der Waals surface area contributed by atoms with Gasteiger partial charge in [0, 0.05) is 160 Å². The van der Waals surface area contributed by atoms with E-state index < -0.39 is 0 Å². The Morgan fingerprint density at radius 2 is 0.916 bits per heavy atom. The molecule has 442 valence electrons. The van der Waals surface area contributed by atoms with Crippen molar-refractivity contribution in [2.45, 2.75) is 72.1 Å². The predicted molar refractivity (Wildman–Crippen MR) is 313 cm³/mol. The van der Waals surface area contributed by atoms with Crippen molar-refractivity contribution in [1.82, 2.24) is 48.9 Å². The number of para-hydroxylation sites is 5. The summed E-state index contributed by atoms with van der Waals surface area (Å²) in [5, 5.41) is 21.7. The molecule has 0 aliphatic carbocycles. The molecule has 0 saturated carbocycles. The average Bonchev–Trinajstić information content (AvgIpc) is 4.50. The van der Waals surface area contributed by atoms with E-state index in [1.165, 1.54) is 33.5 Å². The first kappa shape index (κ1) is 71.3. The van der Waals surface area contributed by atoms with Crippen molar-refractivity contribution >= 4 is 0 Å². The molecule has 83 heavy (non-hydrogen) atoms. The van der Waals surface area contributed by atoms with Crippen LogP contribution in [-0.4, -0.2) is 48.9 Å². The number of aromatic nitrogens is 10. The van der Waals surface area contributed by atoms with Gasteiger partial charge in [0.1, 0.15) is 0 Å². The third-order valence-corrected chi connectivity index (χ3v) is 12.5. The van der Waals surface area contributed by atoms with Crippen LogP contribution < -0.4 is 0 Å². The van der Waals surface area contributed by atoms with Crippen LogP contribution in [0.25, 0.3) is 28.4 Å². The van der Waals surface area contributed by atoms with Crippen LogP contribution in [0.15, 0.2) is 244 Å². The first-order valence-electron chi connectivity index (χ1n) is 26.4. The van der Waals surface area contributed by atoms with Gasteiger partial charge in [-0.1, -0.05) is 108 Å². The minimum absolute atomic E-state index is 0. The Morgan fingerprint density at radius 3 is 1.39 bits per heavy atom. The molecule has 0 atom stereocenters. The van der Waals surface area contributed by atoms with Crippen molar-refractivity contribution in [3.05, 3.63) is 313 Å². The Kier molecular flexibility index (Phi) is 32.7. The maximum Gasteiger partial charge on any atom is 0.0625 e. The maximum atomic E-state index is 4.54. The summed E-state index contributed by atoms with van der Waals surface area (Å²) in [6.07, 6.45) is 17.5. The summed E-state index contributed by atoms with van der Waals surface area (Å²) in [5.74, 6) is 1.14. The number of nitrogens with zero attached hydrogens (tertiary/aromatic N) is 10. The topological polar surface area (TPSA) is 89.1 Å². The van der Waals surface area contributed by atoms with Gasteiger partial charge in [-0.3, -0.25) is 23.4 Å². The Hall–Kier alpha value is -5.97. The van der Waals surface area contributed by atoms with Gasteiger partial charge in [-0.2, -0.15) is 147 Å². The average molecular weight is 2000 g/mol. The second kappa shape index (κ2) is 38.1. The van der Waals surface area contributed by atoms with Crippen molar-refractivity contribution in [3.63, 3.8) is 0 Å². The fraction of sp³-hybridized carbons (Fsp3) is 0.162. The van der Waals surface area contributed by atoms with E-state index in [1.54, 1.807) is 6.20 Å². The standard InChI is InChI=1S/C22H17N2.2C12H13N2.2C11H11N2.5Pt/c1-4-10-18(11-5-1)22(19-12-6-2-7-13-19)20-16-23-24(17-20)21-14-8-3-9-15-21;1-10(2)11-6-3-4-7-12(11)14-9-5-8-13-14;1-10(2)12-8-9-13-14(12)11-6-4-3-5-7-11;1-2-10-8-12-13(9-10)11-6-4-3-5-7-11;1-2-10-8-9-13(12-10)11-6-4-3-5-7-11;;;;;/h1-14,16-17,22H;2*3-6,8-10H,1-2H3;2*3-6,8-9H,2H2,1H3;;;;;/q5*-1;;;;;. The summed E-state index contributed by atoms with van der Waals surface area (Å²) < 4.78 is 9.37. The summed E-state index contributed by atoms with van der Waals surface area (Å²) in [7, 11) is 0. The molecule has 0 aliphatic heterocycles. The minimum atomic E-state index is 0. The first-order chi connectivity index (χ1) is 38.3. The molecular weight excluding hydrogens is 1930 g/mol. The second-order valence-corrected chi connectivity index (χ2v) is 18.6. The third-order valence-electron chi connectivity index (χ3n) is 12.5. The largest absolute Gasteiger partial charge is 0.265 e.